The number of ether oxygens (including phenoxy) is 2. The Balaban J connectivity index is 2.02. The Morgan fingerprint density at radius 1 is 1.31 bits per heavy atom. The highest BCUT2D eigenvalue weighted by Gasteiger charge is 2.53. The van der Waals surface area contributed by atoms with Crippen LogP contribution in [0.5, 0.6) is 0 Å². The summed E-state index contributed by atoms with van der Waals surface area (Å²) in [7, 11) is 0. The molecule has 0 aromatic heterocycles. The van der Waals surface area contributed by atoms with Gasteiger partial charge in [0, 0.05) is 29.9 Å². The van der Waals surface area contributed by atoms with E-state index >= 15 is 0 Å². The van der Waals surface area contributed by atoms with E-state index < -0.39 is 17.0 Å². The lowest BCUT2D eigenvalue weighted by Crippen LogP contribution is -2.57. The van der Waals surface area contributed by atoms with Gasteiger partial charge in [0.15, 0.2) is 0 Å². The summed E-state index contributed by atoms with van der Waals surface area (Å²) in [4.78, 5) is 14.1. The molecule has 0 radical (unpaired) electrons. The monoisotopic (exact) mass is 388 g/mol. The fraction of sp³-hybridized carbons (Fsp3) is 0.947. The van der Waals surface area contributed by atoms with Gasteiger partial charge in [0.05, 0.1) is 18.8 Å². The highest BCUT2D eigenvalue weighted by molar-refractivity contribution is 7.90. The maximum absolute atomic E-state index is 12.8. The van der Waals surface area contributed by atoms with Crippen LogP contribution in [0.15, 0.2) is 0 Å². The second kappa shape index (κ2) is 7.86. The maximum atomic E-state index is 12.8. The SMILES string of the molecule is CCC(C)(C)[S@@+]([O-])N[C@@H]1[C@H](C)OCC12CCN(C(=O)OC(C)(C)C)CC2. The molecule has 1 amide bonds. The van der Waals surface area contributed by atoms with E-state index in [0.717, 1.165) is 19.3 Å². The topological polar surface area (TPSA) is 73.9 Å². The Kier molecular flexibility index (Phi) is 6.59. The Labute approximate surface area is 161 Å². The molecule has 0 aromatic rings. The summed E-state index contributed by atoms with van der Waals surface area (Å²) >= 11 is -1.13. The zero-order chi connectivity index (χ0) is 19.8. The molecule has 1 N–H and O–H groups in total. The molecular weight excluding hydrogens is 352 g/mol. The van der Waals surface area contributed by atoms with Gasteiger partial charge >= 0.3 is 6.09 Å². The third-order valence-electron chi connectivity index (χ3n) is 5.76. The number of hydrogen-bond acceptors (Lipinski definition) is 5. The predicted molar refractivity (Wildman–Crippen MR) is 104 cm³/mol. The molecule has 0 saturated carbocycles. The minimum atomic E-state index is -1.13. The third kappa shape index (κ3) is 4.86. The van der Waals surface area contributed by atoms with Crippen molar-refractivity contribution in [3.8, 4) is 0 Å². The van der Waals surface area contributed by atoms with Crippen LogP contribution in [0.3, 0.4) is 0 Å². The van der Waals surface area contributed by atoms with E-state index in [9.17, 15) is 9.35 Å². The number of amides is 1. The smallest absolute Gasteiger partial charge is 0.410 e. The molecule has 1 spiro atoms. The van der Waals surface area contributed by atoms with Crippen LogP contribution >= 0.6 is 0 Å². The molecule has 0 bridgehead atoms. The molecule has 2 aliphatic heterocycles. The molecule has 2 rings (SSSR count). The molecule has 2 saturated heterocycles. The van der Waals surface area contributed by atoms with Gasteiger partial charge in [0.25, 0.3) is 0 Å². The first kappa shape index (κ1) is 21.8. The summed E-state index contributed by atoms with van der Waals surface area (Å²) in [5.41, 5.74) is -0.554. The lowest BCUT2D eigenvalue weighted by Gasteiger charge is -2.43. The minimum Gasteiger partial charge on any atom is -0.598 e. The second-order valence-electron chi connectivity index (χ2n) is 9.32. The van der Waals surface area contributed by atoms with Crippen LogP contribution in [0.2, 0.25) is 0 Å². The van der Waals surface area contributed by atoms with Crippen LogP contribution in [-0.4, -0.2) is 57.7 Å². The molecule has 3 atom stereocenters. The molecule has 0 aromatic carbocycles. The third-order valence-corrected chi connectivity index (χ3v) is 7.52. The first-order chi connectivity index (χ1) is 11.9. The number of carbonyl (C=O) groups excluding carboxylic acids is 1. The van der Waals surface area contributed by atoms with E-state index in [2.05, 4.69) is 11.6 Å². The van der Waals surface area contributed by atoms with Crippen LogP contribution in [0.1, 0.15) is 67.7 Å². The van der Waals surface area contributed by atoms with Gasteiger partial charge in [-0.05, 0) is 60.8 Å². The van der Waals surface area contributed by atoms with Gasteiger partial charge in [0.1, 0.15) is 10.3 Å². The van der Waals surface area contributed by atoms with Gasteiger partial charge < -0.3 is 18.9 Å². The fourth-order valence-electron chi connectivity index (χ4n) is 3.52. The van der Waals surface area contributed by atoms with Crippen molar-refractivity contribution in [1.82, 2.24) is 9.62 Å². The average molecular weight is 389 g/mol. The normalized spacial score (nSPS) is 27.6. The van der Waals surface area contributed by atoms with Crippen molar-refractivity contribution in [2.24, 2.45) is 5.41 Å². The largest absolute Gasteiger partial charge is 0.598 e. The van der Waals surface area contributed by atoms with Gasteiger partial charge in [-0.15, -0.1) is 4.72 Å². The fourth-order valence-corrected chi connectivity index (χ4v) is 4.78. The maximum Gasteiger partial charge on any atom is 0.410 e. The Bertz CT molecular complexity index is 498. The average Bonchev–Trinajstić information content (AvgIpc) is 2.83. The molecule has 26 heavy (non-hydrogen) atoms. The van der Waals surface area contributed by atoms with E-state index in [-0.39, 0.29) is 28.4 Å². The zero-order valence-electron chi connectivity index (χ0n) is 17.4. The molecular formula is C19H36N2O4S. The van der Waals surface area contributed by atoms with Crippen LogP contribution in [0.25, 0.3) is 0 Å². The minimum absolute atomic E-state index is 0.0136. The van der Waals surface area contributed by atoms with Crippen LogP contribution in [-0.2, 0) is 20.8 Å². The van der Waals surface area contributed by atoms with E-state index in [1.807, 2.05) is 41.5 Å². The molecule has 0 aliphatic carbocycles. The van der Waals surface area contributed by atoms with Crippen molar-refractivity contribution in [2.75, 3.05) is 19.7 Å². The number of likely N-dealkylation sites (tertiary alicyclic amines) is 1. The van der Waals surface area contributed by atoms with E-state index in [4.69, 9.17) is 9.47 Å². The van der Waals surface area contributed by atoms with Gasteiger partial charge in [-0.1, -0.05) is 6.92 Å². The molecule has 152 valence electrons. The van der Waals surface area contributed by atoms with Gasteiger partial charge in [-0.25, -0.2) is 4.79 Å². The summed E-state index contributed by atoms with van der Waals surface area (Å²) in [6.07, 6.45) is 2.27. The van der Waals surface area contributed by atoms with Gasteiger partial charge in [-0.3, -0.25) is 0 Å². The quantitative estimate of drug-likeness (QED) is 0.749. The Morgan fingerprint density at radius 3 is 2.38 bits per heavy atom. The molecule has 7 heteroatoms. The summed E-state index contributed by atoms with van der Waals surface area (Å²) in [6, 6.07) is 0.0370. The van der Waals surface area contributed by atoms with Crippen LogP contribution in [0, 0.1) is 5.41 Å². The van der Waals surface area contributed by atoms with E-state index in [0.29, 0.717) is 19.7 Å². The van der Waals surface area contributed by atoms with Crippen LogP contribution < -0.4 is 4.72 Å². The van der Waals surface area contributed by atoms with Crippen molar-refractivity contribution < 1.29 is 18.8 Å². The molecule has 6 nitrogen and oxygen atoms in total. The second-order valence-corrected chi connectivity index (χ2v) is 11.2. The highest BCUT2D eigenvalue weighted by Crippen LogP contribution is 2.43. The van der Waals surface area contributed by atoms with Gasteiger partial charge in [0.2, 0.25) is 0 Å². The predicted octanol–water partition coefficient (Wildman–Crippen LogP) is 3.23. The van der Waals surface area contributed by atoms with Gasteiger partial charge in [-0.2, -0.15) is 0 Å². The summed E-state index contributed by atoms with van der Waals surface area (Å²) < 4.78 is 27.4. The molecule has 0 unspecified atom stereocenters. The summed E-state index contributed by atoms with van der Waals surface area (Å²) in [5, 5.41) is 0. The number of nitrogens with one attached hydrogen (secondary N) is 1. The summed E-state index contributed by atoms with van der Waals surface area (Å²) in [5.74, 6) is 0. The Morgan fingerprint density at radius 2 is 1.88 bits per heavy atom. The van der Waals surface area contributed by atoms with Crippen molar-refractivity contribution in [1.29, 1.82) is 0 Å². The number of hydrogen-bond donors (Lipinski definition) is 1. The van der Waals surface area contributed by atoms with Crippen molar-refractivity contribution >= 4 is 17.5 Å². The number of nitrogens with zero attached hydrogens (tertiary/aromatic N) is 1. The first-order valence-electron chi connectivity index (χ1n) is 9.68. The number of rotatable bonds is 4. The van der Waals surface area contributed by atoms with Crippen molar-refractivity contribution in [2.45, 2.75) is 90.2 Å². The summed E-state index contributed by atoms with van der Waals surface area (Å²) in [6.45, 7) is 15.7. The Hall–Kier alpha value is -0.500. The lowest BCUT2D eigenvalue weighted by atomic mass is 9.73. The standard InChI is InChI=1S/C19H36N2O4S/c1-8-18(6,7)26(23)20-15-14(2)24-13-19(15)9-11-21(12-10-19)16(22)25-17(3,4)5/h14-15,20H,8-13H2,1-7H3/t14-,15+,26+/m0/s1. The molecule has 2 aliphatic rings. The zero-order valence-corrected chi connectivity index (χ0v) is 18.2. The van der Waals surface area contributed by atoms with Crippen molar-refractivity contribution in [3.63, 3.8) is 0 Å². The van der Waals surface area contributed by atoms with Crippen LogP contribution in [0.4, 0.5) is 4.79 Å². The molecule has 2 heterocycles. The lowest BCUT2D eigenvalue weighted by molar-refractivity contribution is 0.00644. The van der Waals surface area contributed by atoms with Crippen molar-refractivity contribution in [3.05, 3.63) is 0 Å². The first-order valence-corrected chi connectivity index (χ1v) is 10.8. The van der Waals surface area contributed by atoms with E-state index in [1.165, 1.54) is 0 Å². The number of piperidine rings is 1. The highest BCUT2D eigenvalue weighted by atomic mass is 32.2. The van der Waals surface area contributed by atoms with E-state index in [1.54, 1.807) is 4.90 Å². The molecule has 2 fully saturated rings. The number of carbonyl (C=O) groups is 1.